The zero-order chi connectivity index (χ0) is 13.2. The molecule has 0 aromatic heterocycles. The maximum absolute atomic E-state index is 12.6. The summed E-state index contributed by atoms with van der Waals surface area (Å²) in [4.78, 5) is 2.19. The van der Waals surface area contributed by atoms with E-state index in [0.717, 1.165) is 31.3 Å². The first-order chi connectivity index (χ1) is 8.45. The predicted molar refractivity (Wildman–Crippen MR) is 64.4 cm³/mol. The van der Waals surface area contributed by atoms with Gasteiger partial charge in [-0.05, 0) is 25.1 Å². The molecule has 18 heavy (non-hydrogen) atoms. The Morgan fingerprint density at radius 1 is 1.39 bits per heavy atom. The van der Waals surface area contributed by atoms with Gasteiger partial charge in [0.1, 0.15) is 0 Å². The third-order valence-electron chi connectivity index (χ3n) is 3.20. The normalized spacial score (nSPS) is 22.1. The number of likely N-dealkylation sites (N-methyl/N-ethyl adjacent to an activating group) is 1. The van der Waals surface area contributed by atoms with Crippen molar-refractivity contribution in [2.75, 3.05) is 26.7 Å². The molecule has 0 aliphatic carbocycles. The van der Waals surface area contributed by atoms with E-state index in [1.54, 1.807) is 6.07 Å². The highest BCUT2D eigenvalue weighted by Gasteiger charge is 2.30. The quantitative estimate of drug-likeness (QED) is 0.874. The lowest BCUT2D eigenvalue weighted by Crippen LogP contribution is -2.49. The third kappa shape index (κ3) is 3.46. The highest BCUT2D eigenvalue weighted by atomic mass is 19.4. The second kappa shape index (κ2) is 5.28. The summed E-state index contributed by atoms with van der Waals surface area (Å²) in [5.74, 6) is 0. The Kier molecular flexibility index (Phi) is 3.92. The summed E-state index contributed by atoms with van der Waals surface area (Å²) in [5, 5.41) is 3.33. The van der Waals surface area contributed by atoms with Crippen LogP contribution in [0.3, 0.4) is 0 Å². The van der Waals surface area contributed by atoms with Crippen molar-refractivity contribution in [1.29, 1.82) is 0 Å². The summed E-state index contributed by atoms with van der Waals surface area (Å²) in [6.45, 7) is 2.75. The molecule has 2 nitrogen and oxygen atoms in total. The van der Waals surface area contributed by atoms with Gasteiger partial charge in [-0.1, -0.05) is 18.2 Å². The molecule has 1 aromatic carbocycles. The molecular weight excluding hydrogens is 241 g/mol. The molecule has 5 heteroatoms. The molecule has 1 unspecified atom stereocenters. The minimum absolute atomic E-state index is 0.229. The molecule has 1 aliphatic heterocycles. The van der Waals surface area contributed by atoms with Gasteiger partial charge in [0.15, 0.2) is 0 Å². The molecular formula is C13H17F3N2. The van der Waals surface area contributed by atoms with E-state index in [0.29, 0.717) is 6.42 Å². The highest BCUT2D eigenvalue weighted by molar-refractivity contribution is 5.26. The summed E-state index contributed by atoms with van der Waals surface area (Å²) < 4.78 is 37.8. The topological polar surface area (TPSA) is 15.3 Å². The minimum atomic E-state index is -4.26. The number of halogens is 3. The molecule has 1 atom stereocenters. The molecule has 0 saturated carbocycles. The SMILES string of the molecule is CN1CCNC(Cc2cccc(C(F)(F)F)c2)C1. The lowest BCUT2D eigenvalue weighted by atomic mass is 10.0. The fraction of sp³-hybridized carbons (Fsp3) is 0.538. The maximum Gasteiger partial charge on any atom is 0.416 e. The summed E-state index contributed by atoms with van der Waals surface area (Å²) in [5.41, 5.74) is 0.168. The number of nitrogens with one attached hydrogen (secondary N) is 1. The average Bonchev–Trinajstić information content (AvgIpc) is 2.28. The molecule has 0 radical (unpaired) electrons. The Morgan fingerprint density at radius 3 is 2.83 bits per heavy atom. The van der Waals surface area contributed by atoms with Crippen molar-refractivity contribution in [3.05, 3.63) is 35.4 Å². The number of piperazine rings is 1. The lowest BCUT2D eigenvalue weighted by molar-refractivity contribution is -0.137. The van der Waals surface area contributed by atoms with Crippen molar-refractivity contribution < 1.29 is 13.2 Å². The van der Waals surface area contributed by atoms with Crippen molar-refractivity contribution in [2.45, 2.75) is 18.6 Å². The number of hydrogen-bond donors (Lipinski definition) is 1. The van der Waals surface area contributed by atoms with Crippen LogP contribution in [0.25, 0.3) is 0 Å². The predicted octanol–water partition coefficient (Wildman–Crippen LogP) is 2.15. The summed E-state index contributed by atoms with van der Waals surface area (Å²) in [6, 6.07) is 5.82. The van der Waals surface area contributed by atoms with Gasteiger partial charge in [0.2, 0.25) is 0 Å². The summed E-state index contributed by atoms with van der Waals surface area (Å²) >= 11 is 0. The van der Waals surface area contributed by atoms with Crippen molar-refractivity contribution in [3.8, 4) is 0 Å². The smallest absolute Gasteiger partial charge is 0.311 e. The number of benzene rings is 1. The molecule has 1 heterocycles. The first kappa shape index (κ1) is 13.4. The molecule has 1 fully saturated rings. The molecule has 0 amide bonds. The van der Waals surface area contributed by atoms with Crippen LogP contribution in [0.1, 0.15) is 11.1 Å². The van der Waals surface area contributed by atoms with E-state index < -0.39 is 11.7 Å². The van der Waals surface area contributed by atoms with Gasteiger partial charge in [0, 0.05) is 25.7 Å². The fourth-order valence-corrected chi connectivity index (χ4v) is 2.29. The van der Waals surface area contributed by atoms with Crippen molar-refractivity contribution in [3.63, 3.8) is 0 Å². The van der Waals surface area contributed by atoms with Gasteiger partial charge < -0.3 is 10.2 Å². The Hall–Kier alpha value is -1.07. The van der Waals surface area contributed by atoms with Gasteiger partial charge in [-0.2, -0.15) is 13.2 Å². The van der Waals surface area contributed by atoms with Gasteiger partial charge in [0.05, 0.1) is 5.56 Å². The largest absolute Gasteiger partial charge is 0.416 e. The van der Waals surface area contributed by atoms with Crippen LogP contribution in [0.15, 0.2) is 24.3 Å². The minimum Gasteiger partial charge on any atom is -0.311 e. The van der Waals surface area contributed by atoms with E-state index in [-0.39, 0.29) is 6.04 Å². The second-order valence-electron chi connectivity index (χ2n) is 4.82. The van der Waals surface area contributed by atoms with Crippen LogP contribution in [0.4, 0.5) is 13.2 Å². The fourth-order valence-electron chi connectivity index (χ4n) is 2.29. The zero-order valence-corrected chi connectivity index (χ0v) is 10.3. The molecule has 1 saturated heterocycles. The number of hydrogen-bond acceptors (Lipinski definition) is 2. The van der Waals surface area contributed by atoms with Gasteiger partial charge in [-0.3, -0.25) is 0 Å². The highest BCUT2D eigenvalue weighted by Crippen LogP contribution is 2.29. The van der Waals surface area contributed by atoms with Gasteiger partial charge >= 0.3 is 6.18 Å². The van der Waals surface area contributed by atoms with E-state index in [9.17, 15) is 13.2 Å². The summed E-state index contributed by atoms with van der Waals surface area (Å²) in [7, 11) is 2.03. The van der Waals surface area contributed by atoms with Gasteiger partial charge in [0.25, 0.3) is 0 Å². The van der Waals surface area contributed by atoms with E-state index in [4.69, 9.17) is 0 Å². The monoisotopic (exact) mass is 258 g/mol. The Balaban J connectivity index is 2.05. The van der Waals surface area contributed by atoms with Crippen LogP contribution in [-0.2, 0) is 12.6 Å². The number of nitrogens with zero attached hydrogens (tertiary/aromatic N) is 1. The van der Waals surface area contributed by atoms with E-state index >= 15 is 0 Å². The maximum atomic E-state index is 12.6. The Labute approximate surface area is 105 Å². The second-order valence-corrected chi connectivity index (χ2v) is 4.82. The first-order valence-electron chi connectivity index (χ1n) is 6.03. The number of rotatable bonds is 2. The van der Waals surface area contributed by atoms with Crippen LogP contribution in [0, 0.1) is 0 Å². The summed E-state index contributed by atoms with van der Waals surface area (Å²) in [6.07, 6.45) is -3.62. The third-order valence-corrected chi connectivity index (χ3v) is 3.20. The van der Waals surface area contributed by atoms with Crippen LogP contribution >= 0.6 is 0 Å². The molecule has 0 spiro atoms. The molecule has 0 bridgehead atoms. The van der Waals surface area contributed by atoms with Crippen LogP contribution in [-0.4, -0.2) is 37.6 Å². The van der Waals surface area contributed by atoms with Crippen LogP contribution in [0.5, 0.6) is 0 Å². The van der Waals surface area contributed by atoms with E-state index in [1.807, 2.05) is 7.05 Å². The molecule has 100 valence electrons. The Bertz CT molecular complexity index is 403. The van der Waals surface area contributed by atoms with Crippen molar-refractivity contribution in [1.82, 2.24) is 10.2 Å². The van der Waals surface area contributed by atoms with Crippen LogP contribution < -0.4 is 5.32 Å². The molecule has 1 aliphatic rings. The lowest BCUT2D eigenvalue weighted by Gasteiger charge is -2.31. The van der Waals surface area contributed by atoms with Crippen LogP contribution in [0.2, 0.25) is 0 Å². The van der Waals surface area contributed by atoms with E-state index in [2.05, 4.69) is 10.2 Å². The first-order valence-corrected chi connectivity index (χ1v) is 6.03. The standard InChI is InChI=1S/C13H17F3N2/c1-18-6-5-17-12(9-18)8-10-3-2-4-11(7-10)13(14,15)16/h2-4,7,12,17H,5-6,8-9H2,1H3. The molecule has 2 rings (SSSR count). The number of alkyl halides is 3. The van der Waals surface area contributed by atoms with Crippen molar-refractivity contribution >= 4 is 0 Å². The zero-order valence-electron chi connectivity index (χ0n) is 10.3. The average molecular weight is 258 g/mol. The van der Waals surface area contributed by atoms with Crippen molar-refractivity contribution in [2.24, 2.45) is 0 Å². The Morgan fingerprint density at radius 2 is 2.17 bits per heavy atom. The van der Waals surface area contributed by atoms with E-state index in [1.165, 1.54) is 12.1 Å². The molecule has 1 N–H and O–H groups in total. The van der Waals surface area contributed by atoms with Gasteiger partial charge in [-0.25, -0.2) is 0 Å². The molecule has 1 aromatic rings. The van der Waals surface area contributed by atoms with Gasteiger partial charge in [-0.15, -0.1) is 0 Å².